The summed E-state index contributed by atoms with van der Waals surface area (Å²) in [4.78, 5) is 14.0. The smallest absolute Gasteiger partial charge is 0.331 e. The lowest BCUT2D eigenvalue weighted by atomic mass is 9.89. The number of aliphatic carboxylic acids is 1. The van der Waals surface area contributed by atoms with Crippen molar-refractivity contribution in [1.82, 2.24) is 0 Å². The molecule has 4 heteroatoms. The van der Waals surface area contributed by atoms with Crippen molar-refractivity contribution in [3.05, 3.63) is 72.8 Å². The molecule has 1 N–H and O–H groups in total. The molecule has 0 radical (unpaired) electrons. The van der Waals surface area contributed by atoms with Crippen molar-refractivity contribution in [3.63, 3.8) is 0 Å². The van der Waals surface area contributed by atoms with E-state index in [0.717, 1.165) is 50.0 Å². The van der Waals surface area contributed by atoms with Crippen LogP contribution in [0.15, 0.2) is 82.6 Å². The van der Waals surface area contributed by atoms with Crippen LogP contribution in [0.2, 0.25) is 0 Å². The van der Waals surface area contributed by atoms with Crippen molar-refractivity contribution in [2.45, 2.75) is 54.7 Å². The summed E-state index contributed by atoms with van der Waals surface area (Å²) in [5.41, 5.74) is 0.388. The largest absolute Gasteiger partial charge is 0.478 e. The molecule has 0 aliphatic heterocycles. The molecule has 0 aromatic heterocycles. The lowest BCUT2D eigenvalue weighted by Crippen LogP contribution is -2.12. The first kappa shape index (κ1) is 23.6. The Bertz CT molecular complexity index is 716. The Hall–Kier alpha value is -1.65. The standard InChI is InChI=1S/C25H32O2S2/c1-21(25(26)27)22(14-10-12-20-29-24-17-8-3-9-18-24)13-5-4-11-19-28-23-15-6-2-7-16-23/h2-3,6-9,15-18,22H,1,4-5,10-14,19-20H2,(H,26,27). The van der Waals surface area contributed by atoms with Crippen LogP contribution in [0.1, 0.15) is 44.9 Å². The van der Waals surface area contributed by atoms with E-state index < -0.39 is 5.97 Å². The van der Waals surface area contributed by atoms with Gasteiger partial charge >= 0.3 is 5.97 Å². The zero-order chi connectivity index (χ0) is 20.7. The Morgan fingerprint density at radius 2 is 1.21 bits per heavy atom. The predicted octanol–water partition coefficient (Wildman–Crippen LogP) is 7.56. The maximum Gasteiger partial charge on any atom is 0.331 e. The van der Waals surface area contributed by atoms with Gasteiger partial charge < -0.3 is 5.11 Å². The fourth-order valence-corrected chi connectivity index (χ4v) is 5.11. The van der Waals surface area contributed by atoms with Gasteiger partial charge in [0.25, 0.3) is 0 Å². The number of carboxylic acid groups (broad SMARTS) is 1. The lowest BCUT2D eigenvalue weighted by Gasteiger charge is -2.17. The van der Waals surface area contributed by atoms with E-state index in [2.05, 4.69) is 55.1 Å². The SMILES string of the molecule is C=C(C(=O)O)C(CCCCCSc1ccccc1)CCCCSc1ccccc1. The first-order valence-corrected chi connectivity index (χ1v) is 12.4. The Morgan fingerprint density at radius 3 is 1.69 bits per heavy atom. The second-order valence-corrected chi connectivity index (χ2v) is 9.53. The molecule has 0 saturated heterocycles. The lowest BCUT2D eigenvalue weighted by molar-refractivity contribution is -0.133. The van der Waals surface area contributed by atoms with E-state index in [4.69, 9.17) is 0 Å². The molecule has 2 aromatic carbocycles. The van der Waals surface area contributed by atoms with E-state index in [9.17, 15) is 9.90 Å². The van der Waals surface area contributed by atoms with Crippen molar-refractivity contribution in [2.24, 2.45) is 5.92 Å². The molecule has 29 heavy (non-hydrogen) atoms. The monoisotopic (exact) mass is 428 g/mol. The summed E-state index contributed by atoms with van der Waals surface area (Å²) in [6, 6.07) is 20.9. The minimum absolute atomic E-state index is 0.107. The fraction of sp³-hybridized carbons (Fsp3) is 0.400. The molecule has 0 spiro atoms. The van der Waals surface area contributed by atoms with E-state index in [1.807, 2.05) is 35.7 Å². The highest BCUT2D eigenvalue weighted by atomic mass is 32.2. The molecule has 2 aromatic rings. The number of carbonyl (C=O) groups is 1. The second-order valence-electron chi connectivity index (χ2n) is 7.20. The van der Waals surface area contributed by atoms with Crippen LogP contribution < -0.4 is 0 Å². The highest BCUT2D eigenvalue weighted by Crippen LogP contribution is 2.26. The third-order valence-corrected chi connectivity index (χ3v) is 7.13. The van der Waals surface area contributed by atoms with Crippen LogP contribution in [0.4, 0.5) is 0 Å². The number of hydrogen-bond donors (Lipinski definition) is 1. The minimum Gasteiger partial charge on any atom is -0.478 e. The van der Waals surface area contributed by atoms with Crippen LogP contribution in [0.5, 0.6) is 0 Å². The Morgan fingerprint density at radius 1 is 0.759 bits per heavy atom. The van der Waals surface area contributed by atoms with Gasteiger partial charge in [0.1, 0.15) is 0 Å². The summed E-state index contributed by atoms with van der Waals surface area (Å²) in [6.07, 6.45) is 7.42. The van der Waals surface area contributed by atoms with Gasteiger partial charge in [-0.2, -0.15) is 0 Å². The third kappa shape index (κ3) is 10.1. The van der Waals surface area contributed by atoms with Gasteiger partial charge in [-0.05, 0) is 67.4 Å². The molecule has 1 unspecified atom stereocenters. The van der Waals surface area contributed by atoms with Crippen molar-refractivity contribution in [1.29, 1.82) is 0 Å². The van der Waals surface area contributed by atoms with E-state index in [-0.39, 0.29) is 5.92 Å². The molecule has 0 saturated carbocycles. The van der Waals surface area contributed by atoms with Gasteiger partial charge in [-0.3, -0.25) is 0 Å². The summed E-state index contributed by atoms with van der Waals surface area (Å²) < 4.78 is 0. The number of hydrogen-bond acceptors (Lipinski definition) is 3. The van der Waals surface area contributed by atoms with E-state index >= 15 is 0 Å². The molecule has 0 aliphatic carbocycles. The van der Waals surface area contributed by atoms with Crippen LogP contribution in [-0.4, -0.2) is 22.6 Å². The summed E-state index contributed by atoms with van der Waals surface area (Å²) in [6.45, 7) is 3.85. The van der Waals surface area contributed by atoms with Crippen LogP contribution in [0.25, 0.3) is 0 Å². The Labute approximate surface area is 184 Å². The van der Waals surface area contributed by atoms with E-state index in [0.29, 0.717) is 5.57 Å². The zero-order valence-electron chi connectivity index (χ0n) is 17.1. The number of rotatable bonds is 15. The molecule has 0 bridgehead atoms. The van der Waals surface area contributed by atoms with Gasteiger partial charge in [-0.25, -0.2) is 4.79 Å². The zero-order valence-corrected chi connectivity index (χ0v) is 18.7. The molecule has 0 amide bonds. The van der Waals surface area contributed by atoms with Gasteiger partial charge in [0.2, 0.25) is 0 Å². The first-order chi connectivity index (χ1) is 14.2. The average molecular weight is 429 g/mol. The number of benzene rings is 2. The molecule has 156 valence electrons. The molecule has 0 fully saturated rings. The average Bonchev–Trinajstić information content (AvgIpc) is 2.75. The normalized spacial score (nSPS) is 11.9. The van der Waals surface area contributed by atoms with Gasteiger partial charge in [0.15, 0.2) is 0 Å². The van der Waals surface area contributed by atoms with Crippen LogP contribution in [0, 0.1) is 5.92 Å². The molecule has 0 heterocycles. The Balaban J connectivity index is 1.61. The summed E-state index contributed by atoms with van der Waals surface area (Å²) >= 11 is 3.76. The predicted molar refractivity (Wildman–Crippen MR) is 127 cm³/mol. The van der Waals surface area contributed by atoms with Gasteiger partial charge in [0, 0.05) is 15.4 Å². The first-order valence-electron chi connectivity index (χ1n) is 10.4. The molecule has 2 rings (SSSR count). The van der Waals surface area contributed by atoms with Crippen molar-refractivity contribution >= 4 is 29.5 Å². The fourth-order valence-electron chi connectivity index (χ4n) is 3.24. The maximum absolute atomic E-state index is 11.4. The molecule has 0 aliphatic rings. The minimum atomic E-state index is -0.840. The molecule has 2 nitrogen and oxygen atoms in total. The Kier molecular flexibility index (Phi) is 11.7. The number of thioether (sulfide) groups is 2. The molecular weight excluding hydrogens is 396 g/mol. The van der Waals surface area contributed by atoms with E-state index in [1.54, 1.807) is 0 Å². The van der Waals surface area contributed by atoms with Gasteiger partial charge in [-0.15, -0.1) is 23.5 Å². The van der Waals surface area contributed by atoms with Crippen molar-refractivity contribution in [2.75, 3.05) is 11.5 Å². The third-order valence-electron chi connectivity index (χ3n) is 4.94. The topological polar surface area (TPSA) is 37.3 Å². The highest BCUT2D eigenvalue weighted by Gasteiger charge is 2.17. The van der Waals surface area contributed by atoms with Crippen molar-refractivity contribution in [3.8, 4) is 0 Å². The summed E-state index contributed by atoms with van der Waals surface area (Å²) in [5.74, 6) is 1.46. The van der Waals surface area contributed by atoms with Crippen LogP contribution in [0.3, 0.4) is 0 Å². The highest BCUT2D eigenvalue weighted by molar-refractivity contribution is 7.99. The summed E-state index contributed by atoms with van der Waals surface area (Å²) in [5, 5.41) is 9.36. The molecule has 1 atom stereocenters. The number of carboxylic acids is 1. The van der Waals surface area contributed by atoms with Gasteiger partial charge in [0.05, 0.1) is 0 Å². The van der Waals surface area contributed by atoms with E-state index in [1.165, 1.54) is 16.2 Å². The van der Waals surface area contributed by atoms with Crippen LogP contribution >= 0.6 is 23.5 Å². The van der Waals surface area contributed by atoms with Crippen molar-refractivity contribution < 1.29 is 9.90 Å². The number of unbranched alkanes of at least 4 members (excludes halogenated alkanes) is 3. The maximum atomic E-state index is 11.4. The quantitative estimate of drug-likeness (QED) is 0.180. The summed E-state index contributed by atoms with van der Waals surface area (Å²) in [7, 11) is 0. The van der Waals surface area contributed by atoms with Crippen LogP contribution in [-0.2, 0) is 4.79 Å². The van der Waals surface area contributed by atoms with Gasteiger partial charge in [-0.1, -0.05) is 62.2 Å². The second kappa shape index (κ2) is 14.4. The molecular formula is C25H32O2S2.